The molecule has 2 atom stereocenters. The second kappa shape index (κ2) is 9.28. The predicted octanol–water partition coefficient (Wildman–Crippen LogP) is 0.827. The number of aliphatic carboxylic acids is 1. The molecule has 1 saturated heterocycles. The molecule has 0 unspecified atom stereocenters. The molecule has 0 aromatic heterocycles. The lowest BCUT2D eigenvalue weighted by molar-refractivity contribution is -0.309. The third-order valence-electron chi connectivity index (χ3n) is 5.80. The first-order chi connectivity index (χ1) is 14.3. The standard InChI is InChI=1S/C22H29N3O5/c1-14(2)19(21(28)29)23-18(26)10-4-3-7-11-24-20(27)17-12-15-8-5-6-9-16(15)13-25(17)22(24)30/h5-6,8-9,14,17,19H,3-4,7,10-13H2,1-2H3,(H,23,26)(H,28,29)/p-1/t17-,19-/m0/s1. The van der Waals surface area contributed by atoms with Crippen molar-refractivity contribution < 1.29 is 24.3 Å². The maximum absolute atomic E-state index is 12.7. The lowest BCUT2D eigenvalue weighted by atomic mass is 9.95. The molecular formula is C22H28N3O5-. The number of nitrogens with zero attached hydrogens (tertiary/aromatic N) is 2. The third kappa shape index (κ3) is 4.63. The molecule has 162 valence electrons. The molecule has 0 bridgehead atoms. The fourth-order valence-electron chi connectivity index (χ4n) is 4.06. The second-order valence-corrected chi connectivity index (χ2v) is 8.31. The van der Waals surface area contributed by atoms with Crippen LogP contribution in [-0.2, 0) is 27.3 Å². The fraction of sp³-hybridized carbons (Fsp3) is 0.545. The SMILES string of the molecule is CC(C)[C@H](NC(=O)CCCCCN1C(=O)[C@@H]2Cc3ccccc3CN2C1=O)C(=O)[O-]. The van der Waals surface area contributed by atoms with Gasteiger partial charge in [-0.25, -0.2) is 4.79 Å². The number of hydrogen-bond donors (Lipinski definition) is 1. The summed E-state index contributed by atoms with van der Waals surface area (Å²) in [4.78, 5) is 51.3. The van der Waals surface area contributed by atoms with Gasteiger partial charge in [0.2, 0.25) is 5.91 Å². The van der Waals surface area contributed by atoms with Gasteiger partial charge in [0.05, 0.1) is 12.0 Å². The number of carboxylic acid groups (broad SMARTS) is 1. The molecule has 8 nitrogen and oxygen atoms in total. The monoisotopic (exact) mass is 414 g/mol. The first kappa shape index (κ1) is 21.8. The van der Waals surface area contributed by atoms with Crippen LogP contribution in [0.5, 0.6) is 0 Å². The van der Waals surface area contributed by atoms with E-state index in [-0.39, 0.29) is 30.2 Å². The van der Waals surface area contributed by atoms with Crippen LogP contribution in [-0.4, -0.2) is 52.2 Å². The fourth-order valence-corrected chi connectivity index (χ4v) is 4.06. The summed E-state index contributed by atoms with van der Waals surface area (Å²) in [7, 11) is 0. The summed E-state index contributed by atoms with van der Waals surface area (Å²) in [6.45, 7) is 4.20. The summed E-state index contributed by atoms with van der Waals surface area (Å²) in [5.41, 5.74) is 2.20. The van der Waals surface area contributed by atoms with Crippen LogP contribution in [0.4, 0.5) is 4.79 Å². The number of benzene rings is 1. The predicted molar refractivity (Wildman–Crippen MR) is 107 cm³/mol. The minimum atomic E-state index is -1.29. The Morgan fingerprint density at radius 1 is 1.13 bits per heavy atom. The van der Waals surface area contributed by atoms with Crippen LogP contribution in [0.15, 0.2) is 24.3 Å². The Balaban J connectivity index is 1.43. The summed E-state index contributed by atoms with van der Waals surface area (Å²) >= 11 is 0. The van der Waals surface area contributed by atoms with Gasteiger partial charge < -0.3 is 20.1 Å². The van der Waals surface area contributed by atoms with Gasteiger partial charge in [-0.05, 0) is 29.9 Å². The molecule has 30 heavy (non-hydrogen) atoms. The van der Waals surface area contributed by atoms with Gasteiger partial charge in [-0.3, -0.25) is 14.5 Å². The Labute approximate surface area is 176 Å². The highest BCUT2D eigenvalue weighted by Crippen LogP contribution is 2.30. The third-order valence-corrected chi connectivity index (χ3v) is 5.80. The number of carbonyl (C=O) groups is 4. The first-order valence-electron chi connectivity index (χ1n) is 10.5. The van der Waals surface area contributed by atoms with Crippen molar-refractivity contribution in [2.75, 3.05) is 6.54 Å². The van der Waals surface area contributed by atoms with E-state index in [0.29, 0.717) is 38.8 Å². The van der Waals surface area contributed by atoms with Crippen molar-refractivity contribution >= 4 is 23.8 Å². The molecule has 3 rings (SSSR count). The summed E-state index contributed by atoms with van der Waals surface area (Å²) < 4.78 is 0. The Kier molecular flexibility index (Phi) is 6.74. The molecule has 0 saturated carbocycles. The van der Waals surface area contributed by atoms with E-state index in [1.165, 1.54) is 4.90 Å². The lowest BCUT2D eigenvalue weighted by Crippen LogP contribution is -2.50. The van der Waals surface area contributed by atoms with E-state index in [2.05, 4.69) is 5.32 Å². The Hall–Kier alpha value is -2.90. The topological polar surface area (TPSA) is 110 Å². The maximum Gasteiger partial charge on any atom is 0.327 e. The minimum absolute atomic E-state index is 0.152. The maximum atomic E-state index is 12.7. The molecule has 0 spiro atoms. The van der Waals surface area contributed by atoms with E-state index in [4.69, 9.17) is 0 Å². The minimum Gasteiger partial charge on any atom is -0.548 e. The van der Waals surface area contributed by atoms with Crippen molar-refractivity contribution in [1.29, 1.82) is 0 Å². The average molecular weight is 414 g/mol. The van der Waals surface area contributed by atoms with Gasteiger partial charge in [0.1, 0.15) is 6.04 Å². The van der Waals surface area contributed by atoms with Gasteiger partial charge in [0, 0.05) is 25.9 Å². The van der Waals surface area contributed by atoms with Crippen LogP contribution in [0.2, 0.25) is 0 Å². The van der Waals surface area contributed by atoms with Crippen LogP contribution in [0.1, 0.15) is 50.7 Å². The summed E-state index contributed by atoms with van der Waals surface area (Å²) in [6, 6.07) is 6.20. The Bertz CT molecular complexity index is 795. The normalized spacial score (nSPS) is 19.0. The highest BCUT2D eigenvalue weighted by molar-refractivity contribution is 6.04. The van der Waals surface area contributed by atoms with Crippen LogP contribution < -0.4 is 10.4 Å². The quantitative estimate of drug-likeness (QED) is 0.475. The van der Waals surface area contributed by atoms with Crippen LogP contribution in [0.25, 0.3) is 0 Å². The molecule has 1 N–H and O–H groups in total. The highest BCUT2D eigenvalue weighted by Gasteiger charge is 2.46. The van der Waals surface area contributed by atoms with E-state index in [0.717, 1.165) is 11.1 Å². The van der Waals surface area contributed by atoms with Crippen molar-refractivity contribution in [1.82, 2.24) is 15.1 Å². The Morgan fingerprint density at radius 3 is 2.50 bits per heavy atom. The number of carboxylic acids is 1. The molecule has 1 aromatic carbocycles. The van der Waals surface area contributed by atoms with Crippen molar-refractivity contribution in [2.45, 2.75) is 64.6 Å². The second-order valence-electron chi connectivity index (χ2n) is 8.31. The van der Waals surface area contributed by atoms with Gasteiger partial charge in [0.15, 0.2) is 0 Å². The molecular weight excluding hydrogens is 386 g/mol. The summed E-state index contributed by atoms with van der Waals surface area (Å²) in [5.74, 6) is -2.03. The molecule has 2 heterocycles. The molecule has 4 amide bonds. The molecule has 8 heteroatoms. The van der Waals surface area contributed by atoms with Crippen LogP contribution in [0, 0.1) is 5.92 Å². The van der Waals surface area contributed by atoms with Gasteiger partial charge in [0.25, 0.3) is 5.91 Å². The van der Waals surface area contributed by atoms with E-state index < -0.39 is 18.1 Å². The van der Waals surface area contributed by atoms with E-state index in [9.17, 15) is 24.3 Å². The number of fused-ring (bicyclic) bond motifs is 2. The molecule has 0 aliphatic carbocycles. The number of rotatable bonds is 9. The first-order valence-corrected chi connectivity index (χ1v) is 10.5. The molecule has 0 radical (unpaired) electrons. The number of nitrogens with one attached hydrogen (secondary N) is 1. The van der Waals surface area contributed by atoms with Gasteiger partial charge in [-0.1, -0.05) is 44.5 Å². The van der Waals surface area contributed by atoms with Gasteiger partial charge in [-0.15, -0.1) is 0 Å². The number of unbranched alkanes of at least 4 members (excludes halogenated alkanes) is 2. The van der Waals surface area contributed by atoms with E-state index in [1.807, 2.05) is 24.3 Å². The van der Waals surface area contributed by atoms with Crippen molar-refractivity contribution in [2.24, 2.45) is 5.92 Å². The zero-order valence-corrected chi connectivity index (χ0v) is 17.4. The van der Waals surface area contributed by atoms with Crippen LogP contribution in [0.3, 0.4) is 0 Å². The molecule has 1 fully saturated rings. The number of amides is 4. The van der Waals surface area contributed by atoms with Crippen molar-refractivity contribution in [3.63, 3.8) is 0 Å². The van der Waals surface area contributed by atoms with Crippen molar-refractivity contribution in [3.8, 4) is 0 Å². The van der Waals surface area contributed by atoms with E-state index in [1.54, 1.807) is 18.7 Å². The van der Waals surface area contributed by atoms with Crippen LogP contribution >= 0.6 is 0 Å². The molecule has 2 aliphatic rings. The molecule has 2 aliphatic heterocycles. The number of imide groups is 1. The summed E-state index contributed by atoms with van der Waals surface area (Å²) in [5, 5.41) is 13.5. The zero-order valence-electron chi connectivity index (χ0n) is 17.4. The zero-order chi connectivity index (χ0) is 21.8. The average Bonchev–Trinajstić information content (AvgIpc) is 2.93. The lowest BCUT2D eigenvalue weighted by Gasteiger charge is -2.28. The molecule has 1 aromatic rings. The van der Waals surface area contributed by atoms with Gasteiger partial charge >= 0.3 is 6.03 Å². The largest absolute Gasteiger partial charge is 0.548 e. The Morgan fingerprint density at radius 2 is 1.83 bits per heavy atom. The number of carbonyl (C=O) groups excluding carboxylic acids is 4. The highest BCUT2D eigenvalue weighted by atomic mass is 16.4. The smallest absolute Gasteiger partial charge is 0.327 e. The van der Waals surface area contributed by atoms with Crippen molar-refractivity contribution in [3.05, 3.63) is 35.4 Å². The number of urea groups is 1. The summed E-state index contributed by atoms with van der Waals surface area (Å²) in [6.07, 6.45) is 2.56. The van der Waals surface area contributed by atoms with Gasteiger partial charge in [-0.2, -0.15) is 0 Å². The number of hydrogen-bond acceptors (Lipinski definition) is 5. The van der Waals surface area contributed by atoms with E-state index >= 15 is 0 Å².